The molecule has 0 spiro atoms. The number of halogens is 3. The average Bonchev–Trinajstić information content (AvgIpc) is 2.83. The number of hydrazone groups is 1. The van der Waals surface area contributed by atoms with Crippen molar-refractivity contribution in [1.82, 2.24) is 10.3 Å². The number of benzene rings is 2. The van der Waals surface area contributed by atoms with Gasteiger partial charge in [0.1, 0.15) is 5.75 Å². The van der Waals surface area contributed by atoms with E-state index < -0.39 is 23.6 Å². The highest BCUT2D eigenvalue weighted by atomic mass is 19.4. The molecule has 34 heavy (non-hydrogen) atoms. The minimum Gasteiger partial charge on any atom is -0.483 e. The summed E-state index contributed by atoms with van der Waals surface area (Å²) in [4.78, 5) is 37.8. The van der Waals surface area contributed by atoms with Gasteiger partial charge in [-0.2, -0.15) is 18.3 Å². The van der Waals surface area contributed by atoms with Crippen LogP contribution in [0.15, 0.2) is 53.6 Å². The van der Waals surface area contributed by atoms with E-state index in [-0.39, 0.29) is 18.2 Å². The number of hydrogen-bond acceptors (Lipinski definition) is 6. The summed E-state index contributed by atoms with van der Waals surface area (Å²) in [6.45, 7) is 1.71. The lowest BCUT2D eigenvalue weighted by Gasteiger charge is -2.26. The van der Waals surface area contributed by atoms with E-state index >= 15 is 0 Å². The van der Waals surface area contributed by atoms with E-state index in [0.717, 1.165) is 12.1 Å². The number of ether oxygens (including phenoxy) is 2. The van der Waals surface area contributed by atoms with Gasteiger partial charge in [0.05, 0.1) is 25.0 Å². The molecule has 3 rings (SSSR count). The van der Waals surface area contributed by atoms with Gasteiger partial charge >= 0.3 is 18.0 Å². The molecule has 0 unspecified atom stereocenters. The number of nitrogens with one attached hydrogen (secondary N) is 2. The summed E-state index contributed by atoms with van der Waals surface area (Å²) in [6, 6.07) is 10.5. The second kappa shape index (κ2) is 11.3. The molecule has 0 aliphatic carbocycles. The fourth-order valence-corrected chi connectivity index (χ4v) is 2.93. The monoisotopic (exact) mass is 478 g/mol. The van der Waals surface area contributed by atoms with Gasteiger partial charge in [0.2, 0.25) is 0 Å². The van der Waals surface area contributed by atoms with Gasteiger partial charge in [0, 0.05) is 24.3 Å². The summed E-state index contributed by atoms with van der Waals surface area (Å²) < 4.78 is 49.1. The highest BCUT2D eigenvalue weighted by Gasteiger charge is 2.30. The standard InChI is InChI=1S/C22H21F3N4O5/c23-22(24,25)16-5-3-6-17(12-16)27-20(31)21(32)28-26-13-15-4-1-2-7-18(15)34-14-19(30)29-8-10-33-11-9-29/h1-7,12-13H,8-11,14H2,(H,27,31)(H,28,32). The van der Waals surface area contributed by atoms with Crippen molar-refractivity contribution in [2.45, 2.75) is 6.18 Å². The minimum atomic E-state index is -4.59. The van der Waals surface area contributed by atoms with E-state index in [2.05, 4.69) is 10.4 Å². The van der Waals surface area contributed by atoms with Crippen molar-refractivity contribution >= 4 is 29.6 Å². The molecule has 9 nitrogen and oxygen atoms in total. The molecule has 0 radical (unpaired) electrons. The van der Waals surface area contributed by atoms with E-state index in [4.69, 9.17) is 9.47 Å². The number of anilines is 1. The SMILES string of the molecule is O=C(NN=Cc1ccccc1OCC(=O)N1CCOCC1)C(=O)Nc1cccc(C(F)(F)F)c1. The summed E-state index contributed by atoms with van der Waals surface area (Å²) in [5, 5.41) is 5.76. The lowest BCUT2D eigenvalue weighted by Crippen LogP contribution is -2.43. The van der Waals surface area contributed by atoms with Gasteiger partial charge in [0.25, 0.3) is 5.91 Å². The highest BCUT2D eigenvalue weighted by molar-refractivity contribution is 6.39. The normalized spacial score (nSPS) is 14.0. The fourth-order valence-electron chi connectivity index (χ4n) is 2.93. The predicted octanol–water partition coefficient (Wildman–Crippen LogP) is 2.03. The van der Waals surface area contributed by atoms with Gasteiger partial charge in [-0.05, 0) is 30.3 Å². The molecule has 0 atom stereocenters. The first kappa shape index (κ1) is 24.7. The molecule has 1 heterocycles. The molecule has 3 amide bonds. The summed E-state index contributed by atoms with van der Waals surface area (Å²) in [5.41, 5.74) is 1.26. The van der Waals surface area contributed by atoms with Gasteiger partial charge in [-0.15, -0.1) is 0 Å². The number of amides is 3. The Hall–Kier alpha value is -3.93. The molecule has 2 N–H and O–H groups in total. The zero-order valence-corrected chi connectivity index (χ0v) is 17.8. The van der Waals surface area contributed by atoms with Gasteiger partial charge in [-0.1, -0.05) is 18.2 Å². The lowest BCUT2D eigenvalue weighted by atomic mass is 10.2. The first-order valence-electron chi connectivity index (χ1n) is 10.1. The third kappa shape index (κ3) is 7.04. The molecular formula is C22H21F3N4O5. The number of hydrogen-bond donors (Lipinski definition) is 2. The molecule has 2 aromatic carbocycles. The average molecular weight is 478 g/mol. The molecule has 1 aliphatic rings. The van der Waals surface area contributed by atoms with E-state index in [1.54, 1.807) is 29.2 Å². The zero-order chi connectivity index (χ0) is 24.6. The summed E-state index contributed by atoms with van der Waals surface area (Å²) in [7, 11) is 0. The number of nitrogens with zero attached hydrogens (tertiary/aromatic N) is 2. The van der Waals surface area contributed by atoms with Crippen LogP contribution in [0.25, 0.3) is 0 Å². The first-order chi connectivity index (χ1) is 16.2. The van der Waals surface area contributed by atoms with Gasteiger partial charge in [-0.25, -0.2) is 5.43 Å². The Balaban J connectivity index is 1.54. The zero-order valence-electron chi connectivity index (χ0n) is 17.8. The molecule has 0 bridgehead atoms. The second-order valence-corrected chi connectivity index (χ2v) is 7.05. The van der Waals surface area contributed by atoms with E-state index in [9.17, 15) is 27.6 Å². The molecule has 1 fully saturated rings. The van der Waals surface area contributed by atoms with E-state index in [0.29, 0.717) is 43.7 Å². The van der Waals surface area contributed by atoms with Gasteiger partial charge in [-0.3, -0.25) is 14.4 Å². The van der Waals surface area contributed by atoms with Gasteiger partial charge in [0.15, 0.2) is 6.61 Å². The minimum absolute atomic E-state index is 0.192. The van der Waals surface area contributed by atoms with Gasteiger partial charge < -0.3 is 19.7 Å². The molecule has 180 valence electrons. The van der Waals surface area contributed by atoms with Crippen molar-refractivity contribution in [3.63, 3.8) is 0 Å². The molecular weight excluding hydrogens is 457 g/mol. The molecule has 12 heteroatoms. The Bertz CT molecular complexity index is 1070. The maximum atomic E-state index is 12.8. The van der Waals surface area contributed by atoms with Crippen LogP contribution >= 0.6 is 0 Å². The van der Waals surface area contributed by atoms with Crippen LogP contribution in [0.1, 0.15) is 11.1 Å². The number of morpholine rings is 1. The molecule has 1 saturated heterocycles. The van der Waals surface area contributed by atoms with Crippen LogP contribution in [-0.4, -0.2) is 61.7 Å². The maximum absolute atomic E-state index is 12.8. The van der Waals surface area contributed by atoms with Crippen LogP contribution in [0, 0.1) is 0 Å². The second-order valence-electron chi connectivity index (χ2n) is 7.05. The Labute approximate surface area is 192 Å². The van der Waals surface area contributed by atoms with E-state index in [1.807, 2.05) is 5.43 Å². The third-order valence-electron chi connectivity index (χ3n) is 4.66. The van der Waals surface area contributed by atoms with Crippen LogP contribution < -0.4 is 15.5 Å². The number of alkyl halides is 3. The van der Waals surface area contributed by atoms with E-state index in [1.165, 1.54) is 12.3 Å². The Morgan fingerprint density at radius 1 is 1.06 bits per heavy atom. The van der Waals surface area contributed by atoms with Crippen molar-refractivity contribution in [3.8, 4) is 5.75 Å². The van der Waals surface area contributed by atoms with Crippen molar-refractivity contribution in [2.75, 3.05) is 38.2 Å². The number of rotatable bonds is 6. The van der Waals surface area contributed by atoms with Crippen molar-refractivity contribution in [1.29, 1.82) is 0 Å². The molecule has 0 aromatic heterocycles. The smallest absolute Gasteiger partial charge is 0.416 e. The molecule has 1 aliphatic heterocycles. The van der Waals surface area contributed by atoms with Crippen molar-refractivity contribution in [3.05, 3.63) is 59.7 Å². The number of carbonyl (C=O) groups is 3. The molecule has 0 saturated carbocycles. The van der Waals surface area contributed by atoms with Crippen LogP contribution in [0.3, 0.4) is 0 Å². The highest BCUT2D eigenvalue weighted by Crippen LogP contribution is 2.30. The Morgan fingerprint density at radius 3 is 2.53 bits per heavy atom. The number of carbonyl (C=O) groups excluding carboxylic acids is 3. The fraction of sp³-hybridized carbons (Fsp3) is 0.273. The van der Waals surface area contributed by atoms with Crippen LogP contribution in [0.2, 0.25) is 0 Å². The third-order valence-corrected chi connectivity index (χ3v) is 4.66. The quantitative estimate of drug-likeness (QED) is 0.375. The van der Waals surface area contributed by atoms with Crippen molar-refractivity contribution in [2.24, 2.45) is 5.10 Å². The lowest BCUT2D eigenvalue weighted by molar-refractivity contribution is -0.138. The largest absolute Gasteiger partial charge is 0.483 e. The molecule has 2 aromatic rings. The topological polar surface area (TPSA) is 109 Å². The Kier molecular flexibility index (Phi) is 8.19. The summed E-state index contributed by atoms with van der Waals surface area (Å²) >= 11 is 0. The van der Waals surface area contributed by atoms with Crippen molar-refractivity contribution < 1.29 is 37.0 Å². The maximum Gasteiger partial charge on any atom is 0.416 e. The van der Waals surface area contributed by atoms with Crippen LogP contribution in [-0.2, 0) is 25.3 Å². The summed E-state index contributed by atoms with van der Waals surface area (Å²) in [6.07, 6.45) is -3.38. The summed E-state index contributed by atoms with van der Waals surface area (Å²) in [5.74, 6) is -2.25. The Morgan fingerprint density at radius 2 is 1.79 bits per heavy atom. The predicted molar refractivity (Wildman–Crippen MR) is 115 cm³/mol. The van der Waals surface area contributed by atoms with Crippen LogP contribution in [0.4, 0.5) is 18.9 Å². The van der Waals surface area contributed by atoms with Crippen LogP contribution in [0.5, 0.6) is 5.75 Å². The number of para-hydroxylation sites is 1. The first-order valence-corrected chi connectivity index (χ1v) is 10.1.